The molecule has 3 heterocycles. The number of benzene rings is 2. The van der Waals surface area contributed by atoms with Crippen LogP contribution in [-0.4, -0.2) is 38.8 Å². The minimum atomic E-state index is -0.637. The second kappa shape index (κ2) is 6.41. The van der Waals surface area contributed by atoms with Gasteiger partial charge in [-0.15, -0.1) is 0 Å². The summed E-state index contributed by atoms with van der Waals surface area (Å²) in [6, 6.07) is 8.70. The molecule has 31 heavy (non-hydrogen) atoms. The number of carbonyl (C=O) groups excluding carboxylic acids is 1. The van der Waals surface area contributed by atoms with Gasteiger partial charge in [-0.05, 0) is 42.5 Å². The maximum absolute atomic E-state index is 15.0. The van der Waals surface area contributed by atoms with Crippen LogP contribution in [0.2, 0.25) is 0 Å². The van der Waals surface area contributed by atoms with Crippen molar-refractivity contribution in [2.75, 3.05) is 19.4 Å². The van der Waals surface area contributed by atoms with Gasteiger partial charge in [0.15, 0.2) is 0 Å². The first-order valence-electron chi connectivity index (χ1n) is 10.3. The van der Waals surface area contributed by atoms with Crippen molar-refractivity contribution in [3.63, 3.8) is 0 Å². The largest absolute Gasteiger partial charge is 0.491 e. The summed E-state index contributed by atoms with van der Waals surface area (Å²) in [6.45, 7) is 0.352. The van der Waals surface area contributed by atoms with E-state index < -0.39 is 11.7 Å². The van der Waals surface area contributed by atoms with E-state index in [2.05, 4.69) is 22.1 Å². The van der Waals surface area contributed by atoms with Crippen LogP contribution < -0.4 is 10.5 Å². The Morgan fingerprint density at radius 2 is 2.10 bits per heavy atom. The van der Waals surface area contributed by atoms with Gasteiger partial charge in [-0.2, -0.15) is 0 Å². The molecule has 1 fully saturated rings. The summed E-state index contributed by atoms with van der Waals surface area (Å²) in [6.07, 6.45) is 5.56. The van der Waals surface area contributed by atoms with E-state index in [1.807, 2.05) is 6.07 Å². The lowest BCUT2D eigenvalue weighted by Crippen LogP contribution is -2.32. The molecule has 2 aromatic heterocycles. The van der Waals surface area contributed by atoms with Gasteiger partial charge in [-0.1, -0.05) is 6.07 Å². The average Bonchev–Trinajstić information content (AvgIpc) is 3.33. The Hall–Kier alpha value is -3.68. The molecule has 2 aromatic carbocycles. The summed E-state index contributed by atoms with van der Waals surface area (Å²) in [5.41, 5.74) is 9.72. The Morgan fingerprint density at radius 3 is 2.90 bits per heavy atom. The van der Waals surface area contributed by atoms with Crippen molar-refractivity contribution in [2.24, 2.45) is 0 Å². The number of hydrogen-bond donors (Lipinski definition) is 1. The summed E-state index contributed by atoms with van der Waals surface area (Å²) in [7, 11) is 1.69. The molecule has 0 saturated heterocycles. The molecule has 1 atom stereocenters. The lowest BCUT2D eigenvalue weighted by molar-refractivity contribution is 0.0704. The van der Waals surface area contributed by atoms with Crippen molar-refractivity contribution in [3.8, 4) is 5.75 Å². The van der Waals surface area contributed by atoms with E-state index in [0.717, 1.165) is 11.3 Å². The molecule has 7 nitrogen and oxygen atoms in total. The molecule has 0 bridgehead atoms. The number of fused-ring (bicyclic) bond motifs is 4. The second-order valence-corrected chi connectivity index (χ2v) is 8.28. The molecule has 6 rings (SSSR count). The number of likely N-dealkylation sites (N-methyl/N-ethyl adjacent to an activating group) is 1. The van der Waals surface area contributed by atoms with Gasteiger partial charge < -0.3 is 15.4 Å². The number of nitrogen functional groups attached to an aromatic ring is 1. The molecule has 8 heteroatoms. The van der Waals surface area contributed by atoms with Crippen molar-refractivity contribution in [3.05, 3.63) is 65.4 Å². The first kappa shape index (κ1) is 18.1. The molecule has 156 valence electrons. The van der Waals surface area contributed by atoms with Crippen LogP contribution in [-0.2, 0) is 0 Å². The van der Waals surface area contributed by atoms with Crippen LogP contribution >= 0.6 is 0 Å². The molecular formula is C23H20FN5O2. The first-order valence-corrected chi connectivity index (χ1v) is 10.3. The predicted molar refractivity (Wildman–Crippen MR) is 114 cm³/mol. The van der Waals surface area contributed by atoms with E-state index in [9.17, 15) is 9.18 Å². The highest BCUT2D eigenvalue weighted by molar-refractivity contribution is 5.98. The third-order valence-electron chi connectivity index (χ3n) is 6.32. The summed E-state index contributed by atoms with van der Waals surface area (Å²) < 4.78 is 22.5. The van der Waals surface area contributed by atoms with Gasteiger partial charge in [0.05, 0.1) is 35.2 Å². The Balaban J connectivity index is 1.40. The lowest BCUT2D eigenvalue weighted by Gasteiger charge is -2.24. The standard InChI is InChI=1S/C23H20FN5O2/c1-28(20-10-31-21-5-4-13(6-15(20)21)12-2-3-12)23(30)14-7-18-17(8-16(14)24)27-22(25)19-9-26-11-29(18)19/h4-9,11-12,20H,2-3,10H2,1H3,(H2,25,27). The first-order chi connectivity index (χ1) is 15.0. The van der Waals surface area contributed by atoms with Gasteiger partial charge in [0.2, 0.25) is 0 Å². The van der Waals surface area contributed by atoms with Gasteiger partial charge in [-0.25, -0.2) is 14.4 Å². The van der Waals surface area contributed by atoms with Crippen LogP contribution in [0.5, 0.6) is 5.75 Å². The smallest absolute Gasteiger partial charge is 0.257 e. The Morgan fingerprint density at radius 1 is 1.26 bits per heavy atom. The molecule has 4 aromatic rings. The third-order valence-corrected chi connectivity index (χ3v) is 6.32. The Labute approximate surface area is 177 Å². The maximum atomic E-state index is 15.0. The fourth-order valence-electron chi connectivity index (χ4n) is 4.40. The SMILES string of the molecule is CN(C(=O)c1cc2c(cc1F)nc(N)c1cncn12)C1COc2ccc(C3CC3)cc21. The molecule has 0 spiro atoms. The molecule has 2 N–H and O–H groups in total. The summed E-state index contributed by atoms with van der Waals surface area (Å²) in [5, 5.41) is 0. The second-order valence-electron chi connectivity index (χ2n) is 8.28. The van der Waals surface area contributed by atoms with Gasteiger partial charge in [-0.3, -0.25) is 9.20 Å². The van der Waals surface area contributed by atoms with E-state index in [1.165, 1.54) is 30.5 Å². The number of anilines is 1. The van der Waals surface area contributed by atoms with Crippen LogP contribution in [0.3, 0.4) is 0 Å². The molecule has 0 radical (unpaired) electrons. The van der Waals surface area contributed by atoms with Crippen LogP contribution in [0, 0.1) is 5.82 Å². The van der Waals surface area contributed by atoms with Crippen LogP contribution in [0.1, 0.15) is 46.3 Å². The predicted octanol–water partition coefficient (Wildman–Crippen LogP) is 3.69. The third kappa shape index (κ3) is 2.74. The van der Waals surface area contributed by atoms with Crippen LogP contribution in [0.4, 0.5) is 10.2 Å². The van der Waals surface area contributed by atoms with E-state index in [1.54, 1.807) is 28.9 Å². The fourth-order valence-corrected chi connectivity index (χ4v) is 4.40. The monoisotopic (exact) mass is 417 g/mol. The van der Waals surface area contributed by atoms with Crippen molar-refractivity contribution in [1.82, 2.24) is 19.3 Å². The summed E-state index contributed by atoms with van der Waals surface area (Å²) in [4.78, 5) is 23.2. The van der Waals surface area contributed by atoms with Gasteiger partial charge >= 0.3 is 0 Å². The number of hydrogen-bond acceptors (Lipinski definition) is 5. The van der Waals surface area contributed by atoms with Crippen molar-refractivity contribution >= 4 is 28.3 Å². The fraction of sp³-hybridized carbons (Fsp3) is 0.261. The van der Waals surface area contributed by atoms with Crippen molar-refractivity contribution < 1.29 is 13.9 Å². The minimum absolute atomic E-state index is 0.0247. The number of aromatic nitrogens is 3. The van der Waals surface area contributed by atoms with Crippen LogP contribution in [0.25, 0.3) is 16.6 Å². The van der Waals surface area contributed by atoms with Crippen molar-refractivity contribution in [1.29, 1.82) is 0 Å². The Kier molecular flexibility index (Phi) is 3.74. The zero-order valence-electron chi connectivity index (χ0n) is 16.9. The quantitative estimate of drug-likeness (QED) is 0.550. The number of amides is 1. The van der Waals surface area contributed by atoms with E-state index >= 15 is 0 Å². The number of nitrogens with zero attached hydrogens (tertiary/aromatic N) is 4. The molecule has 1 amide bonds. The van der Waals surface area contributed by atoms with E-state index in [0.29, 0.717) is 29.1 Å². The topological polar surface area (TPSA) is 85.8 Å². The normalized spacial score (nSPS) is 17.7. The van der Waals surface area contributed by atoms with E-state index in [-0.39, 0.29) is 17.4 Å². The molecule has 1 aliphatic heterocycles. The Bertz CT molecular complexity index is 1380. The molecular weight excluding hydrogens is 397 g/mol. The number of nitrogens with two attached hydrogens (primary N) is 1. The van der Waals surface area contributed by atoms with Crippen molar-refractivity contribution in [2.45, 2.75) is 24.8 Å². The zero-order valence-corrected chi connectivity index (χ0v) is 16.9. The number of imidazole rings is 1. The van der Waals surface area contributed by atoms with Gasteiger partial charge in [0.25, 0.3) is 5.91 Å². The van der Waals surface area contributed by atoms with E-state index in [4.69, 9.17) is 10.5 Å². The van der Waals surface area contributed by atoms with Crippen LogP contribution in [0.15, 0.2) is 42.9 Å². The summed E-state index contributed by atoms with van der Waals surface area (Å²) >= 11 is 0. The molecule has 1 aliphatic carbocycles. The number of halogens is 1. The number of ether oxygens (including phenoxy) is 1. The highest BCUT2D eigenvalue weighted by Gasteiger charge is 2.34. The highest BCUT2D eigenvalue weighted by atomic mass is 19.1. The van der Waals surface area contributed by atoms with Gasteiger partial charge in [0, 0.05) is 18.7 Å². The lowest BCUT2D eigenvalue weighted by atomic mass is 10.0. The average molecular weight is 417 g/mol. The number of carbonyl (C=O) groups is 1. The number of rotatable bonds is 3. The minimum Gasteiger partial charge on any atom is -0.491 e. The maximum Gasteiger partial charge on any atom is 0.257 e. The summed E-state index contributed by atoms with van der Waals surface area (Å²) in [5.74, 6) is 0.590. The molecule has 1 saturated carbocycles. The zero-order chi connectivity index (χ0) is 21.3. The highest BCUT2D eigenvalue weighted by Crippen LogP contribution is 2.44. The van der Waals surface area contributed by atoms with Gasteiger partial charge in [0.1, 0.15) is 29.5 Å². The molecule has 2 aliphatic rings. The molecule has 1 unspecified atom stereocenters.